The Morgan fingerprint density at radius 3 is 2.57 bits per heavy atom. The standard InChI is InChI=1S/C17H15NO4S/c1-2-3-9-23-15-11-13(17(19)20)10-14(18(21)22)16(15)12-7-5-4-6-8-12/h2-8,10-11H,9H2,1H3,(H,19,20). The summed E-state index contributed by atoms with van der Waals surface area (Å²) < 4.78 is 0. The van der Waals surface area contributed by atoms with Crippen molar-refractivity contribution >= 4 is 23.4 Å². The lowest BCUT2D eigenvalue weighted by Gasteiger charge is -2.11. The second-order valence-electron chi connectivity index (χ2n) is 4.68. The molecule has 0 bridgehead atoms. The van der Waals surface area contributed by atoms with Crippen molar-refractivity contribution in [3.05, 3.63) is 70.3 Å². The Bertz CT molecular complexity index is 757. The van der Waals surface area contributed by atoms with E-state index >= 15 is 0 Å². The maximum atomic E-state index is 11.4. The molecule has 2 aromatic carbocycles. The van der Waals surface area contributed by atoms with E-state index in [1.165, 1.54) is 17.8 Å². The van der Waals surface area contributed by atoms with E-state index in [4.69, 9.17) is 0 Å². The van der Waals surface area contributed by atoms with Crippen LogP contribution in [0.15, 0.2) is 59.5 Å². The van der Waals surface area contributed by atoms with Gasteiger partial charge in [0.25, 0.3) is 5.69 Å². The van der Waals surface area contributed by atoms with Gasteiger partial charge in [0.15, 0.2) is 0 Å². The first-order chi connectivity index (χ1) is 11.0. The molecule has 0 saturated carbocycles. The molecule has 0 aliphatic carbocycles. The molecule has 0 unspecified atom stereocenters. The number of carboxylic acid groups (broad SMARTS) is 1. The highest BCUT2D eigenvalue weighted by Crippen LogP contribution is 2.39. The van der Waals surface area contributed by atoms with Gasteiger partial charge in [-0.25, -0.2) is 4.79 Å². The van der Waals surface area contributed by atoms with Crippen molar-refractivity contribution in [2.75, 3.05) is 5.75 Å². The first kappa shape index (κ1) is 16.8. The molecule has 6 heteroatoms. The van der Waals surface area contributed by atoms with Crippen LogP contribution in [0.2, 0.25) is 0 Å². The summed E-state index contributed by atoms with van der Waals surface area (Å²) in [5, 5.41) is 20.6. The monoisotopic (exact) mass is 329 g/mol. The summed E-state index contributed by atoms with van der Waals surface area (Å²) in [6, 6.07) is 11.6. The first-order valence-electron chi connectivity index (χ1n) is 6.89. The second kappa shape index (κ2) is 7.60. The molecule has 118 valence electrons. The minimum atomic E-state index is -1.18. The van der Waals surface area contributed by atoms with Crippen LogP contribution in [0, 0.1) is 10.1 Å². The number of nitro benzene ring substituents is 1. The van der Waals surface area contributed by atoms with Crippen molar-refractivity contribution in [2.45, 2.75) is 11.8 Å². The fourth-order valence-corrected chi connectivity index (χ4v) is 3.16. The van der Waals surface area contributed by atoms with Crippen molar-refractivity contribution in [1.82, 2.24) is 0 Å². The predicted molar refractivity (Wildman–Crippen MR) is 91.0 cm³/mol. The van der Waals surface area contributed by atoms with Gasteiger partial charge < -0.3 is 5.11 Å². The number of allylic oxidation sites excluding steroid dienone is 1. The fraction of sp³-hybridized carbons (Fsp3) is 0.118. The summed E-state index contributed by atoms with van der Waals surface area (Å²) in [4.78, 5) is 22.8. The van der Waals surface area contributed by atoms with Gasteiger partial charge in [-0.2, -0.15) is 0 Å². The van der Waals surface area contributed by atoms with Crippen molar-refractivity contribution < 1.29 is 14.8 Å². The predicted octanol–water partition coefficient (Wildman–Crippen LogP) is 4.63. The van der Waals surface area contributed by atoms with E-state index in [-0.39, 0.29) is 11.3 Å². The molecule has 0 aliphatic rings. The normalized spacial score (nSPS) is 10.8. The Hall–Kier alpha value is -2.60. The molecule has 0 atom stereocenters. The molecular weight excluding hydrogens is 314 g/mol. The summed E-state index contributed by atoms with van der Waals surface area (Å²) in [5.41, 5.74) is 0.868. The molecule has 23 heavy (non-hydrogen) atoms. The molecule has 0 saturated heterocycles. The van der Waals surface area contributed by atoms with E-state index < -0.39 is 10.9 Å². The third kappa shape index (κ3) is 3.98. The van der Waals surface area contributed by atoms with Gasteiger partial charge in [-0.1, -0.05) is 42.5 Å². The lowest BCUT2D eigenvalue weighted by atomic mass is 10.0. The Kier molecular flexibility index (Phi) is 5.54. The maximum Gasteiger partial charge on any atom is 0.335 e. The SMILES string of the molecule is CC=CCSc1cc(C(=O)O)cc([N+](=O)[O-])c1-c1ccccc1. The van der Waals surface area contributed by atoms with Crippen LogP contribution >= 0.6 is 11.8 Å². The smallest absolute Gasteiger partial charge is 0.335 e. The van der Waals surface area contributed by atoms with E-state index in [1.54, 1.807) is 24.3 Å². The van der Waals surface area contributed by atoms with Gasteiger partial charge in [-0.05, 0) is 18.6 Å². The number of hydrogen-bond acceptors (Lipinski definition) is 4. The number of thioether (sulfide) groups is 1. The number of hydrogen-bond donors (Lipinski definition) is 1. The Balaban J connectivity index is 2.68. The third-order valence-electron chi connectivity index (χ3n) is 3.16. The number of carboxylic acids is 1. The molecule has 0 heterocycles. The van der Waals surface area contributed by atoms with Crippen LogP contribution in [0.5, 0.6) is 0 Å². The zero-order chi connectivity index (χ0) is 16.8. The van der Waals surface area contributed by atoms with E-state index in [1.807, 2.05) is 25.1 Å². The third-order valence-corrected chi connectivity index (χ3v) is 4.15. The van der Waals surface area contributed by atoms with Gasteiger partial charge in [-0.15, -0.1) is 11.8 Å². The number of rotatable bonds is 6. The van der Waals surface area contributed by atoms with Crippen LogP contribution < -0.4 is 0 Å². The van der Waals surface area contributed by atoms with Crippen LogP contribution in [-0.2, 0) is 0 Å². The molecule has 0 aliphatic heterocycles. The Labute approximate surface area is 137 Å². The summed E-state index contributed by atoms with van der Waals surface area (Å²) in [7, 11) is 0. The van der Waals surface area contributed by atoms with Gasteiger partial charge in [-0.3, -0.25) is 10.1 Å². The summed E-state index contributed by atoms with van der Waals surface area (Å²) in [5.74, 6) is -0.572. The Morgan fingerprint density at radius 2 is 2.00 bits per heavy atom. The second-order valence-corrected chi connectivity index (χ2v) is 5.74. The number of nitro groups is 1. The van der Waals surface area contributed by atoms with Crippen LogP contribution in [0.1, 0.15) is 17.3 Å². The molecule has 2 aromatic rings. The van der Waals surface area contributed by atoms with Crippen molar-refractivity contribution in [3.63, 3.8) is 0 Å². The quantitative estimate of drug-likeness (QED) is 0.362. The van der Waals surface area contributed by atoms with Gasteiger partial charge in [0.1, 0.15) is 0 Å². The topological polar surface area (TPSA) is 80.4 Å². The summed E-state index contributed by atoms with van der Waals surface area (Å²) in [6.07, 6.45) is 3.80. The van der Waals surface area contributed by atoms with Crippen molar-refractivity contribution in [1.29, 1.82) is 0 Å². The molecule has 0 spiro atoms. The summed E-state index contributed by atoms with van der Waals surface area (Å²) >= 11 is 1.38. The average Bonchev–Trinajstić information content (AvgIpc) is 2.55. The van der Waals surface area contributed by atoms with Crippen LogP contribution in [0.3, 0.4) is 0 Å². The van der Waals surface area contributed by atoms with Crippen LogP contribution in [-0.4, -0.2) is 21.8 Å². The highest BCUT2D eigenvalue weighted by atomic mass is 32.2. The highest BCUT2D eigenvalue weighted by molar-refractivity contribution is 7.99. The molecule has 0 amide bonds. The zero-order valence-electron chi connectivity index (χ0n) is 12.4. The summed E-state index contributed by atoms with van der Waals surface area (Å²) in [6.45, 7) is 1.88. The molecule has 0 radical (unpaired) electrons. The first-order valence-corrected chi connectivity index (χ1v) is 7.88. The number of aromatic carboxylic acids is 1. The van der Waals surface area contributed by atoms with E-state index in [9.17, 15) is 20.0 Å². The average molecular weight is 329 g/mol. The Morgan fingerprint density at radius 1 is 1.30 bits per heavy atom. The van der Waals surface area contributed by atoms with Crippen LogP contribution in [0.4, 0.5) is 5.69 Å². The lowest BCUT2D eigenvalue weighted by molar-refractivity contribution is -0.384. The molecule has 1 N–H and O–H groups in total. The molecule has 5 nitrogen and oxygen atoms in total. The van der Waals surface area contributed by atoms with Gasteiger partial charge in [0.05, 0.1) is 16.1 Å². The minimum absolute atomic E-state index is 0.0839. The zero-order valence-corrected chi connectivity index (χ0v) is 13.2. The van der Waals surface area contributed by atoms with Gasteiger partial charge >= 0.3 is 5.97 Å². The minimum Gasteiger partial charge on any atom is -0.478 e. The van der Waals surface area contributed by atoms with E-state index in [0.29, 0.717) is 21.8 Å². The maximum absolute atomic E-state index is 11.4. The molecule has 0 fully saturated rings. The highest BCUT2D eigenvalue weighted by Gasteiger charge is 2.23. The lowest BCUT2D eigenvalue weighted by Crippen LogP contribution is -2.02. The van der Waals surface area contributed by atoms with Gasteiger partial charge in [0, 0.05) is 16.7 Å². The largest absolute Gasteiger partial charge is 0.478 e. The molecule has 0 aromatic heterocycles. The van der Waals surface area contributed by atoms with Crippen molar-refractivity contribution in [3.8, 4) is 11.1 Å². The van der Waals surface area contributed by atoms with Crippen LogP contribution in [0.25, 0.3) is 11.1 Å². The van der Waals surface area contributed by atoms with Crippen molar-refractivity contribution in [2.24, 2.45) is 0 Å². The number of benzene rings is 2. The van der Waals surface area contributed by atoms with E-state index in [0.717, 1.165) is 6.07 Å². The van der Waals surface area contributed by atoms with Gasteiger partial charge in [0.2, 0.25) is 0 Å². The van der Waals surface area contributed by atoms with E-state index in [2.05, 4.69) is 0 Å². The molecule has 2 rings (SSSR count). The number of carbonyl (C=O) groups is 1. The molecular formula is C17H15NO4S. The number of nitrogens with zero attached hydrogens (tertiary/aromatic N) is 1. The fourth-order valence-electron chi connectivity index (χ4n) is 2.11.